The number of aryl methyl sites for hydroxylation is 2. The number of aromatic nitrogens is 5. The molecule has 31 heavy (non-hydrogen) atoms. The molecule has 0 bridgehead atoms. The lowest BCUT2D eigenvalue weighted by Crippen LogP contribution is -2.12. The first-order valence-corrected chi connectivity index (χ1v) is 10.4. The minimum absolute atomic E-state index is 0.590. The normalized spacial score (nSPS) is 12.3. The van der Waals surface area contributed by atoms with Crippen LogP contribution in [-0.2, 0) is 12.8 Å². The molecule has 1 aliphatic heterocycles. The number of hydrogen-bond acceptors (Lipinski definition) is 4. The van der Waals surface area contributed by atoms with Crippen LogP contribution < -0.4 is 0 Å². The topological polar surface area (TPSA) is 56.5 Å². The molecular formula is C26H19N5. The van der Waals surface area contributed by atoms with Gasteiger partial charge in [0.1, 0.15) is 5.69 Å². The van der Waals surface area contributed by atoms with Gasteiger partial charge < -0.3 is 0 Å². The van der Waals surface area contributed by atoms with Gasteiger partial charge in [-0.15, -0.1) is 0 Å². The second-order valence-electron chi connectivity index (χ2n) is 7.60. The van der Waals surface area contributed by atoms with Gasteiger partial charge in [0.05, 0.1) is 5.69 Å². The van der Waals surface area contributed by atoms with Gasteiger partial charge in [0.2, 0.25) is 0 Å². The van der Waals surface area contributed by atoms with Crippen LogP contribution in [0.5, 0.6) is 0 Å². The summed E-state index contributed by atoms with van der Waals surface area (Å²) in [6.07, 6.45) is 1.97. The predicted octanol–water partition coefficient (Wildman–Crippen LogP) is 5.16. The molecule has 0 saturated heterocycles. The molecule has 0 radical (unpaired) electrons. The molecule has 0 spiro atoms. The highest BCUT2D eigenvalue weighted by atomic mass is 15.3. The molecule has 0 unspecified atom stereocenters. The van der Waals surface area contributed by atoms with Crippen molar-refractivity contribution in [3.05, 3.63) is 102 Å². The van der Waals surface area contributed by atoms with E-state index < -0.39 is 0 Å². The summed E-state index contributed by atoms with van der Waals surface area (Å²) in [5.74, 6) is 1.89. The molecule has 0 atom stereocenters. The highest BCUT2D eigenvalue weighted by molar-refractivity contribution is 5.65. The maximum Gasteiger partial charge on any atom is 0.184 e. The van der Waals surface area contributed by atoms with E-state index in [0.717, 1.165) is 35.3 Å². The fraction of sp³-hybridized carbons (Fsp3) is 0.0769. The first-order chi connectivity index (χ1) is 15.3. The van der Waals surface area contributed by atoms with Crippen molar-refractivity contribution >= 4 is 0 Å². The zero-order valence-electron chi connectivity index (χ0n) is 16.8. The maximum atomic E-state index is 4.90. The van der Waals surface area contributed by atoms with E-state index in [2.05, 4.69) is 30.3 Å². The first kappa shape index (κ1) is 17.7. The molecule has 5 nitrogen and oxygen atoms in total. The molecule has 5 aromatic rings. The third-order valence-electron chi connectivity index (χ3n) is 5.58. The van der Waals surface area contributed by atoms with Gasteiger partial charge in [-0.1, -0.05) is 78.9 Å². The summed E-state index contributed by atoms with van der Waals surface area (Å²) in [4.78, 5) is 14.4. The second-order valence-corrected chi connectivity index (χ2v) is 7.60. The Morgan fingerprint density at radius 1 is 0.581 bits per heavy atom. The Kier molecular flexibility index (Phi) is 4.17. The molecule has 0 amide bonds. The lowest BCUT2D eigenvalue weighted by Gasteiger charge is -2.17. The Bertz CT molecular complexity index is 1320. The van der Waals surface area contributed by atoms with Gasteiger partial charge in [0, 0.05) is 16.8 Å². The van der Waals surface area contributed by atoms with Crippen LogP contribution in [0.2, 0.25) is 0 Å². The maximum absolute atomic E-state index is 4.90. The number of fused-ring (bicyclic) bond motifs is 3. The van der Waals surface area contributed by atoms with Gasteiger partial charge in [-0.3, -0.25) is 0 Å². The number of nitrogens with zero attached hydrogens (tertiary/aromatic N) is 5. The van der Waals surface area contributed by atoms with Gasteiger partial charge in [-0.05, 0) is 30.5 Å². The smallest absolute Gasteiger partial charge is 0.184 e. The third kappa shape index (κ3) is 3.20. The van der Waals surface area contributed by atoms with E-state index in [9.17, 15) is 0 Å². The minimum atomic E-state index is 0.590. The van der Waals surface area contributed by atoms with E-state index in [1.807, 2.05) is 65.3 Å². The fourth-order valence-electron chi connectivity index (χ4n) is 4.03. The van der Waals surface area contributed by atoms with Crippen LogP contribution >= 0.6 is 0 Å². The van der Waals surface area contributed by atoms with Crippen LogP contribution in [0.3, 0.4) is 0 Å². The van der Waals surface area contributed by atoms with Gasteiger partial charge in [-0.25, -0.2) is 19.6 Å². The average molecular weight is 401 g/mol. The number of rotatable bonds is 3. The highest BCUT2D eigenvalue weighted by Crippen LogP contribution is 2.29. The van der Waals surface area contributed by atoms with Crippen LogP contribution in [0.15, 0.2) is 91.0 Å². The Hall–Kier alpha value is -4.12. The van der Waals surface area contributed by atoms with Gasteiger partial charge in [0.15, 0.2) is 17.5 Å². The predicted molar refractivity (Wildman–Crippen MR) is 121 cm³/mol. The van der Waals surface area contributed by atoms with E-state index >= 15 is 0 Å². The van der Waals surface area contributed by atoms with Crippen LogP contribution in [-0.4, -0.2) is 24.7 Å². The Morgan fingerprint density at radius 3 is 1.84 bits per heavy atom. The summed E-state index contributed by atoms with van der Waals surface area (Å²) < 4.78 is 2.03. The molecule has 6 rings (SSSR count). The summed E-state index contributed by atoms with van der Waals surface area (Å²) in [5, 5.41) is 4.90. The van der Waals surface area contributed by atoms with Crippen molar-refractivity contribution < 1.29 is 0 Å². The fourth-order valence-corrected chi connectivity index (χ4v) is 4.03. The number of benzene rings is 3. The molecule has 0 aliphatic carbocycles. The zero-order chi connectivity index (χ0) is 20.6. The van der Waals surface area contributed by atoms with Crippen LogP contribution in [0, 0.1) is 0 Å². The SMILES string of the molecule is c1ccc(-c2nc(-c3ccccc3)nc(-c3cc4n(n3)-c3ccccc3CC4)n2)cc1. The molecule has 3 heterocycles. The van der Waals surface area contributed by atoms with Crippen molar-refractivity contribution in [3.8, 4) is 40.0 Å². The summed E-state index contributed by atoms with van der Waals surface area (Å²) in [6, 6.07) is 30.6. The Labute approximate surface area is 180 Å². The summed E-state index contributed by atoms with van der Waals surface area (Å²) in [7, 11) is 0. The molecule has 3 aromatic carbocycles. The van der Waals surface area contributed by atoms with E-state index in [0.29, 0.717) is 17.5 Å². The van der Waals surface area contributed by atoms with Crippen molar-refractivity contribution in [2.45, 2.75) is 12.8 Å². The van der Waals surface area contributed by atoms with Crippen LogP contribution in [0.25, 0.3) is 40.0 Å². The van der Waals surface area contributed by atoms with Crippen molar-refractivity contribution in [2.24, 2.45) is 0 Å². The summed E-state index contributed by atoms with van der Waals surface area (Å²) in [6.45, 7) is 0. The molecule has 0 fully saturated rings. The molecule has 1 aliphatic rings. The zero-order valence-corrected chi connectivity index (χ0v) is 16.8. The standard InChI is InChI=1S/C26H19N5/c1-3-10-19(11-4-1)24-27-25(20-12-5-2-6-13-20)29-26(28-24)22-17-21-16-15-18-9-7-8-14-23(18)31(21)30-22/h1-14,17H,15-16H2. The Balaban J connectivity index is 1.52. The summed E-state index contributed by atoms with van der Waals surface area (Å²) in [5.41, 5.74) is 6.31. The van der Waals surface area contributed by atoms with E-state index in [4.69, 9.17) is 20.1 Å². The summed E-state index contributed by atoms with van der Waals surface area (Å²) >= 11 is 0. The Morgan fingerprint density at radius 2 is 1.16 bits per heavy atom. The van der Waals surface area contributed by atoms with E-state index in [1.165, 1.54) is 11.3 Å². The van der Waals surface area contributed by atoms with Gasteiger partial charge >= 0.3 is 0 Å². The van der Waals surface area contributed by atoms with Crippen molar-refractivity contribution in [3.63, 3.8) is 0 Å². The second kappa shape index (κ2) is 7.29. The van der Waals surface area contributed by atoms with Crippen LogP contribution in [0.1, 0.15) is 11.3 Å². The highest BCUT2D eigenvalue weighted by Gasteiger charge is 2.20. The quantitative estimate of drug-likeness (QED) is 0.419. The van der Waals surface area contributed by atoms with E-state index in [1.54, 1.807) is 0 Å². The van der Waals surface area contributed by atoms with Crippen molar-refractivity contribution in [1.82, 2.24) is 24.7 Å². The van der Waals surface area contributed by atoms with Crippen molar-refractivity contribution in [1.29, 1.82) is 0 Å². The van der Waals surface area contributed by atoms with Gasteiger partial charge in [-0.2, -0.15) is 5.10 Å². The molecule has 0 saturated carbocycles. The van der Waals surface area contributed by atoms with Crippen molar-refractivity contribution in [2.75, 3.05) is 0 Å². The van der Waals surface area contributed by atoms with Gasteiger partial charge in [0.25, 0.3) is 0 Å². The lowest BCUT2D eigenvalue weighted by molar-refractivity contribution is 0.738. The largest absolute Gasteiger partial charge is 0.237 e. The monoisotopic (exact) mass is 401 g/mol. The minimum Gasteiger partial charge on any atom is -0.237 e. The molecule has 2 aromatic heterocycles. The third-order valence-corrected chi connectivity index (χ3v) is 5.58. The average Bonchev–Trinajstić information content (AvgIpc) is 3.30. The van der Waals surface area contributed by atoms with E-state index in [-0.39, 0.29) is 0 Å². The molecular weight excluding hydrogens is 382 g/mol. The molecule has 148 valence electrons. The lowest BCUT2D eigenvalue weighted by atomic mass is 10.0. The number of para-hydroxylation sites is 1. The molecule has 0 N–H and O–H groups in total. The molecule has 5 heteroatoms. The first-order valence-electron chi connectivity index (χ1n) is 10.4. The van der Waals surface area contributed by atoms with Crippen LogP contribution in [0.4, 0.5) is 0 Å². The number of hydrogen-bond donors (Lipinski definition) is 0.